The van der Waals surface area contributed by atoms with Crippen molar-refractivity contribution in [2.45, 2.75) is 55.5 Å². The molecule has 0 unspecified atom stereocenters. The van der Waals surface area contributed by atoms with Crippen molar-refractivity contribution in [2.75, 3.05) is 25.1 Å². The molecule has 3 spiro atoms. The molecule has 4 atom stereocenters. The first-order valence-electron chi connectivity index (χ1n) is 9.99. The zero-order valence-electron chi connectivity index (χ0n) is 15.5. The highest BCUT2D eigenvalue weighted by Crippen LogP contribution is 2.75. The molecule has 136 valence electrons. The van der Waals surface area contributed by atoms with Gasteiger partial charge in [0, 0.05) is 11.5 Å². The van der Waals surface area contributed by atoms with Gasteiger partial charge in [0.1, 0.15) is 5.75 Å². The quantitative estimate of drug-likeness (QED) is 0.606. The lowest BCUT2D eigenvalue weighted by Gasteiger charge is -2.68. The molecule has 26 heavy (non-hydrogen) atoms. The van der Waals surface area contributed by atoms with Crippen LogP contribution in [0.4, 0.5) is 5.69 Å². The molecule has 3 heterocycles. The number of carbonyl (C=O) groups excluding carboxylic acids is 1. The molecule has 1 amide bonds. The van der Waals surface area contributed by atoms with Gasteiger partial charge in [-0.25, -0.2) is 0 Å². The first-order valence-corrected chi connectivity index (χ1v) is 9.99. The summed E-state index contributed by atoms with van der Waals surface area (Å²) < 4.78 is 5.73. The molecule has 3 aliphatic heterocycles. The minimum absolute atomic E-state index is 0.00815. The number of nitrogens with zero attached hydrogens (tertiary/aromatic N) is 2. The SMILES string of the molecule is C=C1C[C@@]23CCCN4CC[C@@]5(c6cccc(OC)c6N(C=O)[C@]15CC2)[C@@H]43. The van der Waals surface area contributed by atoms with Gasteiger partial charge in [-0.05, 0) is 74.2 Å². The highest BCUT2D eigenvalue weighted by atomic mass is 16.5. The fourth-order valence-electron chi connectivity index (χ4n) is 8.14. The number of rotatable bonds is 2. The molecule has 2 bridgehead atoms. The van der Waals surface area contributed by atoms with E-state index in [-0.39, 0.29) is 11.0 Å². The van der Waals surface area contributed by atoms with Crippen LogP contribution in [0.25, 0.3) is 0 Å². The predicted octanol–water partition coefficient (Wildman–Crippen LogP) is 3.26. The lowest BCUT2D eigenvalue weighted by atomic mass is 9.40. The van der Waals surface area contributed by atoms with E-state index >= 15 is 0 Å². The normalized spacial score (nSPS) is 42.4. The maximum atomic E-state index is 12.5. The lowest BCUT2D eigenvalue weighted by molar-refractivity contribution is -0.113. The third-order valence-corrected chi connectivity index (χ3v) is 8.66. The van der Waals surface area contributed by atoms with Crippen molar-refractivity contribution in [3.8, 4) is 5.75 Å². The number of hydrogen-bond donors (Lipinski definition) is 0. The largest absolute Gasteiger partial charge is 0.495 e. The summed E-state index contributed by atoms with van der Waals surface area (Å²) >= 11 is 0. The van der Waals surface area contributed by atoms with Gasteiger partial charge in [-0.1, -0.05) is 18.7 Å². The van der Waals surface area contributed by atoms with Gasteiger partial charge < -0.3 is 9.64 Å². The number of piperidine rings is 1. The van der Waals surface area contributed by atoms with E-state index < -0.39 is 0 Å². The number of ether oxygens (including phenoxy) is 1. The number of para-hydroxylation sites is 1. The summed E-state index contributed by atoms with van der Waals surface area (Å²) in [7, 11) is 1.71. The lowest BCUT2D eigenvalue weighted by Crippen LogP contribution is -2.75. The van der Waals surface area contributed by atoms with Gasteiger partial charge in [0.05, 0.1) is 18.3 Å². The summed E-state index contributed by atoms with van der Waals surface area (Å²) in [5.41, 5.74) is 3.72. The first kappa shape index (κ1) is 15.3. The van der Waals surface area contributed by atoms with Gasteiger partial charge in [-0.15, -0.1) is 0 Å². The number of amides is 1. The second kappa shape index (κ2) is 4.53. The van der Waals surface area contributed by atoms with Crippen LogP contribution in [0.1, 0.15) is 44.1 Å². The Kier molecular flexibility index (Phi) is 2.66. The van der Waals surface area contributed by atoms with Crippen LogP contribution in [-0.2, 0) is 10.2 Å². The van der Waals surface area contributed by atoms with Gasteiger partial charge in [0.25, 0.3) is 0 Å². The molecule has 0 radical (unpaired) electrons. The molecule has 3 aliphatic carbocycles. The zero-order valence-corrected chi connectivity index (χ0v) is 15.5. The average molecular weight is 350 g/mol. The summed E-state index contributed by atoms with van der Waals surface area (Å²) in [5, 5.41) is 0. The van der Waals surface area contributed by atoms with Crippen molar-refractivity contribution in [2.24, 2.45) is 5.41 Å². The summed E-state index contributed by atoms with van der Waals surface area (Å²) in [5.74, 6) is 0.826. The molecule has 1 aromatic rings. The fraction of sp³-hybridized carbons (Fsp3) is 0.591. The zero-order chi connectivity index (χ0) is 17.7. The van der Waals surface area contributed by atoms with Crippen LogP contribution in [0.2, 0.25) is 0 Å². The number of hydrogen-bond acceptors (Lipinski definition) is 3. The van der Waals surface area contributed by atoms with Crippen molar-refractivity contribution < 1.29 is 9.53 Å². The molecule has 4 heteroatoms. The minimum atomic E-state index is -0.260. The summed E-state index contributed by atoms with van der Waals surface area (Å²) in [6.45, 7) is 6.95. The van der Waals surface area contributed by atoms with Crippen LogP contribution in [-0.4, -0.2) is 43.1 Å². The molecule has 1 aromatic carbocycles. The van der Waals surface area contributed by atoms with Crippen LogP contribution in [0.5, 0.6) is 5.75 Å². The molecule has 0 N–H and O–H groups in total. The van der Waals surface area contributed by atoms with Gasteiger partial charge >= 0.3 is 0 Å². The van der Waals surface area contributed by atoms with Crippen LogP contribution in [0.3, 0.4) is 0 Å². The highest BCUT2D eigenvalue weighted by molar-refractivity contribution is 5.91. The monoisotopic (exact) mass is 350 g/mol. The Hall–Kier alpha value is -1.81. The molecule has 3 saturated carbocycles. The van der Waals surface area contributed by atoms with E-state index in [0.29, 0.717) is 11.5 Å². The third-order valence-electron chi connectivity index (χ3n) is 8.66. The fourth-order valence-corrected chi connectivity index (χ4v) is 8.14. The van der Waals surface area contributed by atoms with Crippen molar-refractivity contribution in [1.82, 2.24) is 4.90 Å². The summed E-state index contributed by atoms with van der Waals surface area (Å²) in [4.78, 5) is 17.2. The van der Waals surface area contributed by atoms with Crippen molar-refractivity contribution in [1.29, 1.82) is 0 Å². The number of anilines is 1. The topological polar surface area (TPSA) is 32.8 Å². The Morgan fingerprint density at radius 3 is 2.88 bits per heavy atom. The van der Waals surface area contributed by atoms with E-state index in [0.717, 1.165) is 43.7 Å². The standard InChI is InChI=1S/C22H26N2O2/c1-15-13-20-7-4-11-23-12-10-21(19(20)23)16-5-3-6-17(26-2)18(16)24(14-25)22(15,21)9-8-20/h3,5-6,14,19H,1,4,7-13H2,2H3/t19-,20+,21+,22+/m0/s1. The number of methoxy groups -OCH3 is 1. The predicted molar refractivity (Wildman–Crippen MR) is 101 cm³/mol. The van der Waals surface area contributed by atoms with Gasteiger partial charge in [0.2, 0.25) is 6.41 Å². The van der Waals surface area contributed by atoms with Gasteiger partial charge in [-0.3, -0.25) is 9.69 Å². The number of carbonyl (C=O) groups is 1. The third kappa shape index (κ3) is 1.28. The van der Waals surface area contributed by atoms with E-state index in [9.17, 15) is 4.79 Å². The Bertz CT molecular complexity index is 851. The van der Waals surface area contributed by atoms with Gasteiger partial charge in [-0.2, -0.15) is 0 Å². The van der Waals surface area contributed by atoms with Crippen LogP contribution < -0.4 is 9.64 Å². The molecule has 5 fully saturated rings. The van der Waals surface area contributed by atoms with Crippen LogP contribution >= 0.6 is 0 Å². The van der Waals surface area contributed by atoms with Crippen molar-refractivity contribution in [3.63, 3.8) is 0 Å². The molecule has 0 aromatic heterocycles. The van der Waals surface area contributed by atoms with E-state index in [2.05, 4.69) is 23.6 Å². The highest BCUT2D eigenvalue weighted by Gasteiger charge is 2.78. The van der Waals surface area contributed by atoms with Crippen molar-refractivity contribution >= 4 is 12.1 Å². The average Bonchev–Trinajstić information content (AvgIpc) is 3.18. The summed E-state index contributed by atoms with van der Waals surface area (Å²) in [6, 6.07) is 6.91. The first-order chi connectivity index (χ1) is 12.6. The second-order valence-electron chi connectivity index (χ2n) is 9.10. The number of benzene rings is 1. The Morgan fingerprint density at radius 1 is 1.23 bits per heavy atom. The molecular weight excluding hydrogens is 324 g/mol. The second-order valence-corrected chi connectivity index (χ2v) is 9.10. The van der Waals surface area contributed by atoms with Crippen LogP contribution in [0, 0.1) is 5.41 Å². The summed E-state index contributed by atoms with van der Waals surface area (Å²) in [6.07, 6.45) is 8.15. The minimum Gasteiger partial charge on any atom is -0.495 e. The molecule has 6 aliphatic rings. The van der Waals surface area contributed by atoms with Crippen molar-refractivity contribution in [3.05, 3.63) is 35.9 Å². The van der Waals surface area contributed by atoms with Gasteiger partial charge in [0.15, 0.2) is 0 Å². The Balaban J connectivity index is 1.72. The molecular formula is C22H26N2O2. The molecule has 2 saturated heterocycles. The maximum Gasteiger partial charge on any atom is 0.215 e. The van der Waals surface area contributed by atoms with E-state index in [4.69, 9.17) is 4.74 Å². The maximum absolute atomic E-state index is 12.5. The Labute approximate surface area is 154 Å². The smallest absolute Gasteiger partial charge is 0.215 e. The Morgan fingerprint density at radius 2 is 2.12 bits per heavy atom. The molecule has 4 nitrogen and oxygen atoms in total. The van der Waals surface area contributed by atoms with Crippen LogP contribution in [0.15, 0.2) is 30.4 Å². The van der Waals surface area contributed by atoms with E-state index in [1.54, 1.807) is 7.11 Å². The van der Waals surface area contributed by atoms with E-state index in [1.807, 2.05) is 11.0 Å². The molecule has 7 rings (SSSR count). The number of fused-ring (bicyclic) bond motifs is 3. The van der Waals surface area contributed by atoms with E-state index in [1.165, 1.54) is 36.9 Å².